The van der Waals surface area contributed by atoms with E-state index in [1.165, 1.54) is 27.8 Å². The van der Waals surface area contributed by atoms with E-state index >= 15 is 0 Å². The number of aryl methyl sites for hydroxylation is 1. The third-order valence-electron chi connectivity index (χ3n) is 5.25. The van der Waals surface area contributed by atoms with Crippen LogP contribution in [-0.2, 0) is 19.4 Å². The quantitative estimate of drug-likeness (QED) is 0.664. The molecule has 156 valence electrons. The summed E-state index contributed by atoms with van der Waals surface area (Å²) in [6, 6.07) is 6.93. The van der Waals surface area contributed by atoms with E-state index in [2.05, 4.69) is 5.10 Å². The van der Waals surface area contributed by atoms with Crippen molar-refractivity contribution in [3.05, 3.63) is 75.2 Å². The molecule has 0 atom stereocenters. The summed E-state index contributed by atoms with van der Waals surface area (Å²) in [5.74, 6) is -2.98. The molecule has 1 amide bonds. The second-order valence-corrected chi connectivity index (χ2v) is 7.46. The SMILES string of the molecule is CCc1cc(Cl)c(F)c(N2CCc3c(nn(Cc4cccc(F)c4F)c3N)C2=O)c1. The van der Waals surface area contributed by atoms with Gasteiger partial charge >= 0.3 is 0 Å². The number of hydrogen-bond donors (Lipinski definition) is 1. The Morgan fingerprint density at radius 3 is 2.70 bits per heavy atom. The number of nitrogens with zero attached hydrogens (tertiary/aromatic N) is 3. The second-order valence-electron chi connectivity index (χ2n) is 7.05. The van der Waals surface area contributed by atoms with Gasteiger partial charge in [-0.3, -0.25) is 4.79 Å². The van der Waals surface area contributed by atoms with Gasteiger partial charge in [0.1, 0.15) is 5.82 Å². The zero-order chi connectivity index (χ0) is 21.6. The number of benzene rings is 2. The van der Waals surface area contributed by atoms with Crippen LogP contribution in [0.25, 0.3) is 0 Å². The molecular formula is C21H18ClF3N4O. The fourth-order valence-corrected chi connectivity index (χ4v) is 3.83. The molecule has 2 N–H and O–H groups in total. The van der Waals surface area contributed by atoms with Crippen molar-refractivity contribution in [2.75, 3.05) is 17.2 Å². The van der Waals surface area contributed by atoms with E-state index in [1.54, 1.807) is 6.07 Å². The highest BCUT2D eigenvalue weighted by Gasteiger charge is 2.33. The lowest BCUT2D eigenvalue weighted by molar-refractivity contribution is 0.0974. The van der Waals surface area contributed by atoms with E-state index in [9.17, 15) is 18.0 Å². The minimum absolute atomic E-state index is 0.0549. The van der Waals surface area contributed by atoms with E-state index in [0.717, 1.165) is 11.6 Å². The van der Waals surface area contributed by atoms with Crippen LogP contribution >= 0.6 is 11.6 Å². The predicted octanol–water partition coefficient (Wildman–Crippen LogP) is 4.35. The highest BCUT2D eigenvalue weighted by Crippen LogP contribution is 2.33. The molecule has 2 heterocycles. The first-order chi connectivity index (χ1) is 14.3. The fraction of sp³-hybridized carbons (Fsp3) is 0.238. The van der Waals surface area contributed by atoms with Crippen LogP contribution in [0, 0.1) is 17.5 Å². The predicted molar refractivity (Wildman–Crippen MR) is 108 cm³/mol. The standard InChI is InChI=1S/C21H18ClF3N4O/c1-2-11-8-14(22)18(25)16(9-11)28-7-6-13-19(21(28)30)27-29(20(13)26)10-12-4-3-5-15(23)17(12)24/h3-5,8-9H,2,6-7,10,26H2,1H3. The van der Waals surface area contributed by atoms with Crippen LogP contribution in [0.3, 0.4) is 0 Å². The first kappa shape index (κ1) is 20.3. The van der Waals surface area contributed by atoms with Gasteiger partial charge in [-0.05, 0) is 36.6 Å². The van der Waals surface area contributed by atoms with Gasteiger partial charge in [-0.25, -0.2) is 17.9 Å². The second kappa shape index (κ2) is 7.68. The maximum absolute atomic E-state index is 14.7. The summed E-state index contributed by atoms with van der Waals surface area (Å²) in [5.41, 5.74) is 7.62. The Kier molecular flexibility index (Phi) is 5.19. The zero-order valence-electron chi connectivity index (χ0n) is 16.1. The Morgan fingerprint density at radius 1 is 1.20 bits per heavy atom. The molecule has 0 bridgehead atoms. The van der Waals surface area contributed by atoms with Gasteiger partial charge in [0.15, 0.2) is 23.1 Å². The number of fused-ring (bicyclic) bond motifs is 1. The van der Waals surface area contributed by atoms with Crippen LogP contribution in [0.4, 0.5) is 24.7 Å². The lowest BCUT2D eigenvalue weighted by Gasteiger charge is -2.27. The molecule has 30 heavy (non-hydrogen) atoms. The average molecular weight is 435 g/mol. The van der Waals surface area contributed by atoms with Crippen LogP contribution in [0.1, 0.15) is 34.1 Å². The molecule has 1 aliphatic heterocycles. The molecule has 3 aromatic rings. The minimum Gasteiger partial charge on any atom is -0.384 e. The molecule has 0 saturated carbocycles. The molecule has 0 radical (unpaired) electrons. The molecule has 1 aliphatic rings. The molecule has 0 unspecified atom stereocenters. The highest BCUT2D eigenvalue weighted by molar-refractivity contribution is 6.31. The Hall–Kier alpha value is -3.00. The Bertz CT molecular complexity index is 1160. The zero-order valence-corrected chi connectivity index (χ0v) is 16.8. The Labute approximate surface area is 175 Å². The fourth-order valence-electron chi connectivity index (χ4n) is 3.60. The molecule has 2 aromatic carbocycles. The van der Waals surface area contributed by atoms with Gasteiger partial charge in [0.25, 0.3) is 5.91 Å². The van der Waals surface area contributed by atoms with Crippen molar-refractivity contribution in [3.8, 4) is 0 Å². The largest absolute Gasteiger partial charge is 0.384 e. The molecule has 1 aromatic heterocycles. The monoisotopic (exact) mass is 434 g/mol. The number of nitrogen functional groups attached to an aromatic ring is 1. The topological polar surface area (TPSA) is 64.2 Å². The highest BCUT2D eigenvalue weighted by atomic mass is 35.5. The van der Waals surface area contributed by atoms with Gasteiger partial charge in [0.05, 0.1) is 17.3 Å². The van der Waals surface area contributed by atoms with Crippen molar-refractivity contribution in [2.24, 2.45) is 0 Å². The van der Waals surface area contributed by atoms with Crippen molar-refractivity contribution in [1.29, 1.82) is 0 Å². The van der Waals surface area contributed by atoms with Crippen LogP contribution in [0.15, 0.2) is 30.3 Å². The maximum Gasteiger partial charge on any atom is 0.279 e. The first-order valence-corrected chi connectivity index (χ1v) is 9.77. The third-order valence-corrected chi connectivity index (χ3v) is 5.52. The lowest BCUT2D eigenvalue weighted by Crippen LogP contribution is -2.38. The van der Waals surface area contributed by atoms with Crippen LogP contribution < -0.4 is 10.6 Å². The molecule has 0 fully saturated rings. The Morgan fingerprint density at radius 2 is 1.97 bits per heavy atom. The number of aromatic nitrogens is 2. The molecule has 5 nitrogen and oxygen atoms in total. The normalized spacial score (nSPS) is 13.6. The van der Waals surface area contributed by atoms with E-state index in [4.69, 9.17) is 17.3 Å². The average Bonchev–Trinajstić information content (AvgIpc) is 3.04. The first-order valence-electron chi connectivity index (χ1n) is 9.39. The summed E-state index contributed by atoms with van der Waals surface area (Å²) in [6.45, 7) is 1.95. The van der Waals surface area contributed by atoms with E-state index in [-0.39, 0.29) is 40.9 Å². The van der Waals surface area contributed by atoms with Gasteiger partial charge in [-0.2, -0.15) is 5.10 Å². The van der Waals surface area contributed by atoms with Crippen molar-refractivity contribution in [1.82, 2.24) is 9.78 Å². The number of carbonyl (C=O) groups excluding carboxylic acids is 1. The van der Waals surface area contributed by atoms with E-state index < -0.39 is 23.4 Å². The number of halogens is 4. The number of anilines is 2. The number of amides is 1. The van der Waals surface area contributed by atoms with Crippen molar-refractivity contribution < 1.29 is 18.0 Å². The minimum atomic E-state index is -0.994. The lowest BCUT2D eigenvalue weighted by atomic mass is 10.0. The molecule has 0 saturated heterocycles. The summed E-state index contributed by atoms with van der Waals surface area (Å²) in [4.78, 5) is 14.4. The van der Waals surface area contributed by atoms with E-state index in [1.807, 2.05) is 6.92 Å². The van der Waals surface area contributed by atoms with E-state index in [0.29, 0.717) is 18.4 Å². The van der Waals surface area contributed by atoms with Crippen molar-refractivity contribution >= 4 is 29.0 Å². The molecule has 0 spiro atoms. The number of nitrogens with two attached hydrogens (primary N) is 1. The molecule has 0 aliphatic carbocycles. The van der Waals surface area contributed by atoms with Gasteiger partial charge in [-0.1, -0.05) is 30.7 Å². The summed E-state index contributed by atoms with van der Waals surface area (Å²) >= 11 is 5.99. The summed E-state index contributed by atoms with van der Waals surface area (Å²) in [5, 5.41) is 4.16. The Balaban J connectivity index is 1.70. The van der Waals surface area contributed by atoms with Crippen molar-refractivity contribution in [2.45, 2.75) is 26.3 Å². The van der Waals surface area contributed by atoms with Crippen LogP contribution in [0.2, 0.25) is 5.02 Å². The van der Waals surface area contributed by atoms with Gasteiger partial charge in [-0.15, -0.1) is 0 Å². The molecule has 9 heteroatoms. The number of carbonyl (C=O) groups is 1. The molecular weight excluding hydrogens is 417 g/mol. The summed E-state index contributed by atoms with van der Waals surface area (Å²) in [7, 11) is 0. The van der Waals surface area contributed by atoms with Crippen LogP contribution in [0.5, 0.6) is 0 Å². The smallest absolute Gasteiger partial charge is 0.279 e. The van der Waals surface area contributed by atoms with Gasteiger partial charge in [0, 0.05) is 17.7 Å². The number of rotatable bonds is 4. The molecule has 4 rings (SSSR count). The van der Waals surface area contributed by atoms with Crippen LogP contribution in [-0.4, -0.2) is 22.2 Å². The number of hydrogen-bond acceptors (Lipinski definition) is 3. The van der Waals surface area contributed by atoms with Crippen molar-refractivity contribution in [3.63, 3.8) is 0 Å². The van der Waals surface area contributed by atoms with Gasteiger partial charge < -0.3 is 10.6 Å². The third kappa shape index (κ3) is 3.31. The van der Waals surface area contributed by atoms with Gasteiger partial charge in [0.2, 0.25) is 0 Å². The summed E-state index contributed by atoms with van der Waals surface area (Å²) in [6.07, 6.45) is 0.965. The maximum atomic E-state index is 14.7. The summed E-state index contributed by atoms with van der Waals surface area (Å²) < 4.78 is 43.4.